The molecule has 1 saturated carbocycles. The zero-order chi connectivity index (χ0) is 24.1. The number of nitriles is 1. The fourth-order valence-electron chi connectivity index (χ4n) is 4.07. The van der Waals surface area contributed by atoms with Gasteiger partial charge in [0.05, 0.1) is 28.4 Å². The number of hydrogen-bond donors (Lipinski definition) is 1. The van der Waals surface area contributed by atoms with Gasteiger partial charge in [0, 0.05) is 0 Å². The van der Waals surface area contributed by atoms with Crippen LogP contribution in [0.2, 0.25) is 0 Å². The van der Waals surface area contributed by atoms with E-state index >= 15 is 0 Å². The molecule has 2 aromatic carbocycles. The molecule has 10 heteroatoms. The minimum Gasteiger partial charge on any atom is -0.435 e. The molecular weight excluding hydrogens is 462 g/mol. The second kappa shape index (κ2) is 10.2. The second-order valence-corrected chi connectivity index (χ2v) is 8.96. The number of nitrogens with zero attached hydrogens (tertiary/aromatic N) is 3. The van der Waals surface area contributed by atoms with E-state index in [0.29, 0.717) is 29.4 Å². The molecule has 1 N–H and O–H groups in total. The van der Waals surface area contributed by atoms with E-state index in [0.717, 1.165) is 31.0 Å². The van der Waals surface area contributed by atoms with Crippen molar-refractivity contribution in [3.63, 3.8) is 0 Å². The van der Waals surface area contributed by atoms with Crippen LogP contribution >= 0.6 is 11.8 Å². The van der Waals surface area contributed by atoms with E-state index in [-0.39, 0.29) is 28.1 Å². The lowest BCUT2D eigenvalue weighted by atomic mass is 9.83. The minimum atomic E-state index is -2.96. The zero-order valence-electron chi connectivity index (χ0n) is 18.2. The van der Waals surface area contributed by atoms with Gasteiger partial charge in [-0.15, -0.1) is 0 Å². The van der Waals surface area contributed by atoms with Crippen LogP contribution in [0.1, 0.15) is 32.1 Å². The Morgan fingerprint density at radius 3 is 2.56 bits per heavy atom. The molecule has 0 radical (unpaired) electrons. The number of rotatable bonds is 7. The standard InChI is InChI=1S/C24H22F2N4O3S/c25-22(26)33-17-10-8-16(9-11-17)30-21(32)18-6-2-3-7-19(18)28-23(30)34-14-20(31)29-24(15-27)12-4-1-5-13-24/h2-3,6-11,22H,1,4-5,12-14H2,(H,29,31). The Bertz CT molecular complexity index is 1280. The fraction of sp³-hybridized carbons (Fsp3) is 0.333. The lowest BCUT2D eigenvalue weighted by molar-refractivity contribution is -0.120. The highest BCUT2D eigenvalue weighted by atomic mass is 32.2. The zero-order valence-corrected chi connectivity index (χ0v) is 19.0. The molecule has 1 aliphatic rings. The van der Waals surface area contributed by atoms with Crippen LogP contribution in [0.25, 0.3) is 16.6 Å². The lowest BCUT2D eigenvalue weighted by Crippen LogP contribution is -2.49. The highest BCUT2D eigenvalue weighted by Gasteiger charge is 2.33. The van der Waals surface area contributed by atoms with E-state index in [1.165, 1.54) is 28.8 Å². The molecule has 34 heavy (non-hydrogen) atoms. The third-order valence-electron chi connectivity index (χ3n) is 5.70. The molecule has 1 heterocycles. The van der Waals surface area contributed by atoms with Gasteiger partial charge in [0.25, 0.3) is 5.56 Å². The third-order valence-corrected chi connectivity index (χ3v) is 6.64. The van der Waals surface area contributed by atoms with Crippen LogP contribution in [0.15, 0.2) is 58.5 Å². The first-order valence-corrected chi connectivity index (χ1v) is 11.8. The highest BCUT2D eigenvalue weighted by molar-refractivity contribution is 7.99. The van der Waals surface area contributed by atoms with E-state index in [9.17, 15) is 23.6 Å². The SMILES string of the molecule is N#CC1(NC(=O)CSc2nc3ccccc3c(=O)n2-c2ccc(OC(F)F)cc2)CCCCC1. The van der Waals surface area contributed by atoms with Crippen molar-refractivity contribution in [2.75, 3.05) is 5.75 Å². The molecule has 1 amide bonds. The molecule has 0 saturated heterocycles. The Hall–Kier alpha value is -3.45. The van der Waals surface area contributed by atoms with Crippen molar-refractivity contribution >= 4 is 28.6 Å². The van der Waals surface area contributed by atoms with Gasteiger partial charge in [0.2, 0.25) is 5.91 Å². The number of alkyl halides is 2. The first-order chi connectivity index (χ1) is 16.4. The van der Waals surface area contributed by atoms with Crippen molar-refractivity contribution in [3.05, 3.63) is 58.9 Å². The Labute approximate surface area is 198 Å². The maximum atomic E-state index is 13.3. The third kappa shape index (κ3) is 5.20. The average Bonchev–Trinajstić information content (AvgIpc) is 2.84. The van der Waals surface area contributed by atoms with Gasteiger partial charge >= 0.3 is 6.61 Å². The van der Waals surface area contributed by atoms with Crippen LogP contribution in [0.3, 0.4) is 0 Å². The molecule has 0 aliphatic heterocycles. The normalized spacial score (nSPS) is 15.1. The molecule has 176 valence electrons. The van der Waals surface area contributed by atoms with E-state index in [2.05, 4.69) is 21.1 Å². The number of para-hydroxylation sites is 1. The van der Waals surface area contributed by atoms with Gasteiger partial charge < -0.3 is 10.1 Å². The molecule has 3 aromatic rings. The minimum absolute atomic E-state index is 0.0385. The van der Waals surface area contributed by atoms with Crippen LogP contribution in [0, 0.1) is 11.3 Å². The van der Waals surface area contributed by atoms with Gasteiger partial charge in [0.15, 0.2) is 5.16 Å². The molecular formula is C24H22F2N4O3S. The summed E-state index contributed by atoms with van der Waals surface area (Å²) in [6, 6.07) is 14.7. The number of hydrogen-bond acceptors (Lipinski definition) is 6. The number of carbonyl (C=O) groups is 1. The number of amides is 1. The molecule has 1 aliphatic carbocycles. The first-order valence-electron chi connectivity index (χ1n) is 10.8. The maximum absolute atomic E-state index is 13.3. The Balaban J connectivity index is 1.63. The topological polar surface area (TPSA) is 97.0 Å². The number of halogens is 2. The van der Waals surface area contributed by atoms with Crippen molar-refractivity contribution in [2.24, 2.45) is 0 Å². The number of aromatic nitrogens is 2. The van der Waals surface area contributed by atoms with Crippen LogP contribution in [-0.4, -0.2) is 33.4 Å². The van der Waals surface area contributed by atoms with Crippen molar-refractivity contribution in [2.45, 2.75) is 49.4 Å². The maximum Gasteiger partial charge on any atom is 0.387 e. The number of thioether (sulfide) groups is 1. The molecule has 1 aromatic heterocycles. The smallest absolute Gasteiger partial charge is 0.387 e. The second-order valence-electron chi connectivity index (χ2n) is 8.02. The summed E-state index contributed by atoms with van der Waals surface area (Å²) >= 11 is 1.07. The number of fused-ring (bicyclic) bond motifs is 1. The van der Waals surface area contributed by atoms with Gasteiger partial charge in [-0.25, -0.2) is 4.98 Å². The van der Waals surface area contributed by atoms with Crippen molar-refractivity contribution < 1.29 is 18.3 Å². The van der Waals surface area contributed by atoms with Crippen LogP contribution in [0.4, 0.5) is 8.78 Å². The summed E-state index contributed by atoms with van der Waals surface area (Å²) in [7, 11) is 0. The number of nitrogens with one attached hydrogen (secondary N) is 1. The highest BCUT2D eigenvalue weighted by Crippen LogP contribution is 2.28. The van der Waals surface area contributed by atoms with Gasteiger partial charge in [-0.05, 0) is 49.2 Å². The monoisotopic (exact) mass is 484 g/mol. The number of ether oxygens (including phenoxy) is 1. The van der Waals surface area contributed by atoms with Gasteiger partial charge in [-0.3, -0.25) is 14.2 Å². The summed E-state index contributed by atoms with van der Waals surface area (Å²) < 4.78 is 30.7. The average molecular weight is 485 g/mol. The predicted molar refractivity (Wildman–Crippen MR) is 124 cm³/mol. The lowest BCUT2D eigenvalue weighted by Gasteiger charge is -2.31. The molecule has 0 unspecified atom stereocenters. The van der Waals surface area contributed by atoms with E-state index in [1.807, 2.05) is 0 Å². The number of carbonyl (C=O) groups excluding carboxylic acids is 1. The molecule has 1 fully saturated rings. The molecule has 7 nitrogen and oxygen atoms in total. The van der Waals surface area contributed by atoms with Crippen molar-refractivity contribution in [3.8, 4) is 17.5 Å². The summed E-state index contributed by atoms with van der Waals surface area (Å²) in [5, 5.41) is 13.1. The van der Waals surface area contributed by atoms with Gasteiger partial charge in [-0.1, -0.05) is 43.2 Å². The fourth-order valence-corrected chi connectivity index (χ4v) is 4.88. The Kier molecular flexibility index (Phi) is 7.12. The van der Waals surface area contributed by atoms with E-state index < -0.39 is 12.2 Å². The van der Waals surface area contributed by atoms with E-state index in [4.69, 9.17) is 0 Å². The largest absolute Gasteiger partial charge is 0.435 e. The Morgan fingerprint density at radius 1 is 1.18 bits per heavy atom. The quantitative estimate of drug-likeness (QED) is 0.394. The summed E-state index contributed by atoms with van der Waals surface area (Å²) in [4.78, 5) is 30.6. The Morgan fingerprint density at radius 2 is 1.88 bits per heavy atom. The molecule has 0 bridgehead atoms. The van der Waals surface area contributed by atoms with Crippen LogP contribution < -0.4 is 15.6 Å². The van der Waals surface area contributed by atoms with Crippen LogP contribution in [-0.2, 0) is 4.79 Å². The van der Waals surface area contributed by atoms with Gasteiger partial charge in [-0.2, -0.15) is 14.0 Å². The molecule has 4 rings (SSSR count). The van der Waals surface area contributed by atoms with E-state index in [1.54, 1.807) is 24.3 Å². The first kappa shape index (κ1) is 23.7. The predicted octanol–water partition coefficient (Wildman–Crippen LogP) is 4.42. The summed E-state index contributed by atoms with van der Waals surface area (Å²) in [5.41, 5.74) is -0.331. The summed E-state index contributed by atoms with van der Waals surface area (Å²) in [6.45, 7) is -2.96. The summed E-state index contributed by atoms with van der Waals surface area (Å²) in [6.07, 6.45) is 4.05. The van der Waals surface area contributed by atoms with Crippen molar-refractivity contribution in [1.29, 1.82) is 5.26 Å². The number of benzene rings is 2. The molecule has 0 spiro atoms. The van der Waals surface area contributed by atoms with Crippen LogP contribution in [0.5, 0.6) is 5.75 Å². The molecule has 0 atom stereocenters. The van der Waals surface area contributed by atoms with Crippen molar-refractivity contribution in [1.82, 2.24) is 14.9 Å². The summed E-state index contributed by atoms with van der Waals surface area (Å²) in [5.74, 6) is -0.396. The van der Waals surface area contributed by atoms with Gasteiger partial charge in [0.1, 0.15) is 11.3 Å².